The lowest BCUT2D eigenvalue weighted by molar-refractivity contribution is -0.167. The lowest BCUT2D eigenvalue weighted by Crippen LogP contribution is -2.30. The van der Waals surface area contributed by atoms with Crippen LogP contribution in [0.4, 0.5) is 0 Å². The topological polar surface area (TPSA) is 78.9 Å². The normalized spacial score (nSPS) is 12.2. The van der Waals surface area contributed by atoms with E-state index in [-0.39, 0.29) is 31.1 Å². The smallest absolute Gasteiger partial charge is 0.306 e. The average molecular weight is 899 g/mol. The number of esters is 3. The van der Waals surface area contributed by atoms with Gasteiger partial charge in [0.2, 0.25) is 0 Å². The van der Waals surface area contributed by atoms with E-state index in [1.54, 1.807) is 0 Å². The van der Waals surface area contributed by atoms with E-state index in [4.69, 9.17) is 14.2 Å². The molecule has 0 aromatic rings. The van der Waals surface area contributed by atoms with Crippen molar-refractivity contribution >= 4 is 17.9 Å². The maximum atomic E-state index is 12.8. The molecule has 0 spiro atoms. The molecule has 0 heterocycles. The molecule has 6 heteroatoms. The molecular weight excluding hydrogens is 793 g/mol. The molecule has 0 aliphatic carbocycles. The second-order valence-electron chi connectivity index (χ2n) is 18.9. The molecule has 0 rings (SSSR count). The molecule has 0 fully saturated rings. The molecular formula is C58H106O6. The highest BCUT2D eigenvalue weighted by Gasteiger charge is 2.19. The number of hydrogen-bond acceptors (Lipinski definition) is 6. The summed E-state index contributed by atoms with van der Waals surface area (Å²) in [6.45, 7) is 6.63. The Balaban J connectivity index is 4.35. The van der Waals surface area contributed by atoms with Crippen LogP contribution in [-0.2, 0) is 28.6 Å². The van der Waals surface area contributed by atoms with E-state index >= 15 is 0 Å². The van der Waals surface area contributed by atoms with Gasteiger partial charge in [0.05, 0.1) is 0 Å². The monoisotopic (exact) mass is 899 g/mol. The molecule has 0 aromatic heterocycles. The second kappa shape index (κ2) is 53.2. The molecule has 0 aromatic carbocycles. The van der Waals surface area contributed by atoms with Gasteiger partial charge in [-0.1, -0.05) is 243 Å². The van der Waals surface area contributed by atoms with Gasteiger partial charge in [-0.25, -0.2) is 0 Å². The number of carbonyl (C=O) groups is 3. The predicted octanol–water partition coefficient (Wildman–Crippen LogP) is 18.5. The standard InChI is InChI=1S/C58H106O6/c1-4-7-10-13-16-19-22-24-26-28-29-30-32-33-36-39-42-45-48-51-57(60)63-54-55(53-62-56(59)50-47-44-41-38-35-21-18-15-12-9-6-3)64-58(61)52-49-46-43-40-37-34-31-27-25-23-20-17-14-11-8-5-2/h27-29,31,34,37,55H,4-26,30,32-33,35-36,38-54H2,1-3H3/b29-28-,31-27-,37-34-. The largest absolute Gasteiger partial charge is 0.462 e. The Bertz CT molecular complexity index is 1080. The lowest BCUT2D eigenvalue weighted by Gasteiger charge is -2.18. The molecule has 6 nitrogen and oxygen atoms in total. The molecule has 0 amide bonds. The zero-order valence-corrected chi connectivity index (χ0v) is 42.8. The number of ether oxygens (including phenoxy) is 3. The van der Waals surface area contributed by atoms with E-state index in [0.717, 1.165) is 70.6 Å². The summed E-state index contributed by atoms with van der Waals surface area (Å²) in [6, 6.07) is 0. The van der Waals surface area contributed by atoms with Crippen molar-refractivity contribution in [2.24, 2.45) is 0 Å². The van der Waals surface area contributed by atoms with E-state index in [1.165, 1.54) is 186 Å². The minimum absolute atomic E-state index is 0.0811. The van der Waals surface area contributed by atoms with Crippen molar-refractivity contribution in [2.45, 2.75) is 303 Å². The fourth-order valence-electron chi connectivity index (χ4n) is 8.14. The summed E-state index contributed by atoms with van der Waals surface area (Å²) in [5, 5.41) is 0. The molecule has 0 bridgehead atoms. The van der Waals surface area contributed by atoms with Crippen LogP contribution in [0.1, 0.15) is 297 Å². The van der Waals surface area contributed by atoms with Crippen LogP contribution < -0.4 is 0 Å². The third kappa shape index (κ3) is 50.6. The Hall–Kier alpha value is -2.37. The van der Waals surface area contributed by atoms with Gasteiger partial charge in [0.25, 0.3) is 0 Å². The van der Waals surface area contributed by atoms with E-state index in [9.17, 15) is 14.4 Å². The van der Waals surface area contributed by atoms with Crippen molar-refractivity contribution in [3.05, 3.63) is 36.5 Å². The Morgan fingerprint density at radius 2 is 0.562 bits per heavy atom. The summed E-state index contributed by atoms with van der Waals surface area (Å²) in [5.41, 5.74) is 0. The molecule has 0 saturated heterocycles. The van der Waals surface area contributed by atoms with Gasteiger partial charge in [-0.2, -0.15) is 0 Å². The minimum atomic E-state index is -0.784. The predicted molar refractivity (Wildman–Crippen MR) is 275 cm³/mol. The molecule has 0 radical (unpaired) electrons. The molecule has 374 valence electrons. The van der Waals surface area contributed by atoms with Crippen molar-refractivity contribution in [3.63, 3.8) is 0 Å². The summed E-state index contributed by atoms with van der Waals surface area (Å²) in [6.07, 6.45) is 62.8. The van der Waals surface area contributed by atoms with Crippen LogP contribution >= 0.6 is 0 Å². The Labute approximate surface area is 397 Å². The molecule has 1 unspecified atom stereocenters. The zero-order valence-electron chi connectivity index (χ0n) is 42.8. The van der Waals surface area contributed by atoms with Crippen molar-refractivity contribution in [1.82, 2.24) is 0 Å². The maximum Gasteiger partial charge on any atom is 0.306 e. The van der Waals surface area contributed by atoms with Gasteiger partial charge in [-0.05, 0) is 70.6 Å². The van der Waals surface area contributed by atoms with Crippen LogP contribution in [0.5, 0.6) is 0 Å². The third-order valence-corrected chi connectivity index (χ3v) is 12.4. The highest BCUT2D eigenvalue weighted by molar-refractivity contribution is 5.71. The maximum absolute atomic E-state index is 12.8. The lowest BCUT2D eigenvalue weighted by atomic mass is 10.1. The first-order chi connectivity index (χ1) is 31.5. The third-order valence-electron chi connectivity index (χ3n) is 12.4. The van der Waals surface area contributed by atoms with Gasteiger partial charge in [0, 0.05) is 19.3 Å². The van der Waals surface area contributed by atoms with Gasteiger partial charge in [0.1, 0.15) is 13.2 Å². The van der Waals surface area contributed by atoms with Crippen LogP contribution in [0.15, 0.2) is 36.5 Å². The highest BCUT2D eigenvalue weighted by Crippen LogP contribution is 2.15. The Morgan fingerprint density at radius 1 is 0.312 bits per heavy atom. The molecule has 0 saturated carbocycles. The van der Waals surface area contributed by atoms with Crippen LogP contribution in [0.2, 0.25) is 0 Å². The summed E-state index contributed by atoms with van der Waals surface area (Å²) in [4.78, 5) is 38.0. The summed E-state index contributed by atoms with van der Waals surface area (Å²) in [7, 11) is 0. The number of hydrogen-bond donors (Lipinski definition) is 0. The van der Waals surface area contributed by atoms with Crippen molar-refractivity contribution in [1.29, 1.82) is 0 Å². The number of allylic oxidation sites excluding steroid dienone is 6. The SMILES string of the molecule is CCCCCCCCC/C=C\C=C/CCCCCC(=O)OC(COC(=O)CCCCCCCCC/C=C\CCCCCCCCCC)COC(=O)CCCCCCCCCCCCC. The van der Waals surface area contributed by atoms with E-state index < -0.39 is 6.10 Å². The summed E-state index contributed by atoms with van der Waals surface area (Å²) < 4.78 is 16.8. The first-order valence-corrected chi connectivity index (χ1v) is 28.0. The first kappa shape index (κ1) is 61.6. The Kier molecular flexibility index (Phi) is 51.3. The van der Waals surface area contributed by atoms with E-state index in [1.807, 2.05) is 0 Å². The molecule has 0 aliphatic heterocycles. The molecule has 1 atom stereocenters. The Morgan fingerprint density at radius 3 is 0.891 bits per heavy atom. The van der Waals surface area contributed by atoms with Gasteiger partial charge in [-0.3, -0.25) is 14.4 Å². The van der Waals surface area contributed by atoms with Crippen LogP contribution in [0, 0.1) is 0 Å². The highest BCUT2D eigenvalue weighted by atomic mass is 16.6. The number of carbonyl (C=O) groups excluding carboxylic acids is 3. The first-order valence-electron chi connectivity index (χ1n) is 28.0. The summed E-state index contributed by atoms with van der Waals surface area (Å²) >= 11 is 0. The quantitative estimate of drug-likeness (QED) is 0.0199. The van der Waals surface area contributed by atoms with Gasteiger partial charge in [0.15, 0.2) is 6.10 Å². The van der Waals surface area contributed by atoms with E-state index in [2.05, 4.69) is 57.2 Å². The number of unbranched alkanes of at least 4 members (excludes halogenated alkanes) is 35. The van der Waals surface area contributed by atoms with Gasteiger partial charge < -0.3 is 14.2 Å². The molecule has 0 N–H and O–H groups in total. The average Bonchev–Trinajstić information content (AvgIpc) is 3.29. The number of rotatable bonds is 51. The van der Waals surface area contributed by atoms with Crippen molar-refractivity contribution in [3.8, 4) is 0 Å². The van der Waals surface area contributed by atoms with Crippen LogP contribution in [-0.4, -0.2) is 37.2 Å². The van der Waals surface area contributed by atoms with Gasteiger partial charge >= 0.3 is 17.9 Å². The zero-order chi connectivity index (χ0) is 46.5. The fraction of sp³-hybridized carbons (Fsp3) is 0.845. The van der Waals surface area contributed by atoms with Gasteiger partial charge in [-0.15, -0.1) is 0 Å². The minimum Gasteiger partial charge on any atom is -0.462 e. The van der Waals surface area contributed by atoms with Crippen LogP contribution in [0.25, 0.3) is 0 Å². The molecule has 0 aliphatic rings. The fourth-order valence-corrected chi connectivity index (χ4v) is 8.14. The summed E-state index contributed by atoms with van der Waals surface area (Å²) in [5.74, 6) is -0.900. The van der Waals surface area contributed by atoms with E-state index in [0.29, 0.717) is 19.3 Å². The van der Waals surface area contributed by atoms with Crippen molar-refractivity contribution < 1.29 is 28.6 Å². The van der Waals surface area contributed by atoms with Crippen molar-refractivity contribution in [2.75, 3.05) is 13.2 Å². The second-order valence-corrected chi connectivity index (χ2v) is 18.9. The molecule has 64 heavy (non-hydrogen) atoms. The van der Waals surface area contributed by atoms with Crippen LogP contribution in [0.3, 0.4) is 0 Å².